The number of carbonyl (C=O) groups excluding carboxylic acids is 1. The number of hydrogen-bond donors (Lipinski definition) is 0. The second-order valence-corrected chi connectivity index (χ2v) is 12.0. The average Bonchev–Trinajstić information content (AvgIpc) is 3.01. The van der Waals surface area contributed by atoms with E-state index in [-0.39, 0.29) is 19.0 Å². The molecule has 0 aliphatic carbocycles. The molecule has 2 atom stereocenters. The van der Waals surface area contributed by atoms with Crippen LogP contribution in [0.25, 0.3) is 10.8 Å². The Morgan fingerprint density at radius 2 is 1.98 bits per heavy atom. The molecule has 9 nitrogen and oxygen atoms in total. The molecule has 2 unspecified atom stereocenters. The Labute approximate surface area is 263 Å². The number of rotatable bonds is 10. The zero-order valence-corrected chi connectivity index (χ0v) is 26.4. The molecule has 2 aliphatic heterocycles. The molecular formula is C33H39ClFN7O2. The molecule has 11 heteroatoms. The summed E-state index contributed by atoms with van der Waals surface area (Å²) in [5.74, 6) is -1.05. The number of anilines is 2. The van der Waals surface area contributed by atoms with Crippen LogP contribution in [0.2, 0.25) is 5.02 Å². The van der Waals surface area contributed by atoms with Gasteiger partial charge in [0.15, 0.2) is 5.83 Å². The molecule has 2 aromatic carbocycles. The Morgan fingerprint density at radius 3 is 2.68 bits per heavy atom. The molecule has 1 saturated heterocycles. The fourth-order valence-electron chi connectivity index (χ4n) is 6.21. The maximum atomic E-state index is 13.8. The molecule has 0 bridgehead atoms. The Balaban J connectivity index is 1.50. The van der Waals surface area contributed by atoms with Crippen LogP contribution in [-0.2, 0) is 17.8 Å². The highest BCUT2D eigenvalue weighted by Crippen LogP contribution is 2.37. The van der Waals surface area contributed by atoms with E-state index in [1.165, 1.54) is 4.90 Å². The number of carbonyl (C=O) groups is 1. The quantitative estimate of drug-likeness (QED) is 0.280. The molecule has 3 aromatic rings. The number of hydrogen-bond acceptors (Lipinski definition) is 8. The van der Waals surface area contributed by atoms with Gasteiger partial charge in [-0.05, 0) is 44.5 Å². The third-order valence-electron chi connectivity index (χ3n) is 8.55. The molecule has 0 radical (unpaired) electrons. The third kappa shape index (κ3) is 6.59. The lowest BCUT2D eigenvalue weighted by Gasteiger charge is -2.42. The second-order valence-electron chi connectivity index (χ2n) is 11.6. The Kier molecular flexibility index (Phi) is 9.87. The minimum atomic E-state index is -1.02. The van der Waals surface area contributed by atoms with Crippen LogP contribution in [0.3, 0.4) is 0 Å². The fraction of sp³-hybridized carbons (Fsp3) is 0.455. The average molecular weight is 620 g/mol. The fourth-order valence-corrected chi connectivity index (χ4v) is 6.48. The molecular weight excluding hydrogens is 581 g/mol. The summed E-state index contributed by atoms with van der Waals surface area (Å²) < 4.78 is 20.1. The van der Waals surface area contributed by atoms with Crippen LogP contribution < -0.4 is 14.5 Å². The molecule has 232 valence electrons. The van der Waals surface area contributed by atoms with Crippen molar-refractivity contribution in [3.05, 3.63) is 65.1 Å². The van der Waals surface area contributed by atoms with Gasteiger partial charge in [0.1, 0.15) is 12.4 Å². The minimum Gasteiger partial charge on any atom is -0.462 e. The van der Waals surface area contributed by atoms with Gasteiger partial charge < -0.3 is 24.3 Å². The minimum absolute atomic E-state index is 0.0727. The third-order valence-corrected chi connectivity index (χ3v) is 8.87. The number of nitrogens with zero attached hydrogens (tertiary/aromatic N) is 7. The van der Waals surface area contributed by atoms with Gasteiger partial charge in [0, 0.05) is 48.9 Å². The van der Waals surface area contributed by atoms with Crippen molar-refractivity contribution in [3.8, 4) is 12.1 Å². The first-order chi connectivity index (χ1) is 21.2. The van der Waals surface area contributed by atoms with Crippen molar-refractivity contribution in [3.63, 3.8) is 0 Å². The zero-order valence-electron chi connectivity index (χ0n) is 25.6. The van der Waals surface area contributed by atoms with E-state index >= 15 is 0 Å². The molecule has 5 rings (SSSR count). The van der Waals surface area contributed by atoms with Crippen LogP contribution in [0.1, 0.15) is 37.4 Å². The van der Waals surface area contributed by atoms with Gasteiger partial charge >= 0.3 is 6.01 Å². The maximum absolute atomic E-state index is 13.8. The van der Waals surface area contributed by atoms with Gasteiger partial charge in [0.05, 0.1) is 35.8 Å². The molecule has 1 aromatic heterocycles. The van der Waals surface area contributed by atoms with E-state index in [0.717, 1.165) is 52.9 Å². The highest BCUT2D eigenvalue weighted by atomic mass is 35.5. The lowest BCUT2D eigenvalue weighted by molar-refractivity contribution is -0.131. The van der Waals surface area contributed by atoms with Crippen molar-refractivity contribution >= 4 is 39.8 Å². The summed E-state index contributed by atoms with van der Waals surface area (Å²) >= 11 is 6.69. The van der Waals surface area contributed by atoms with Crippen LogP contribution in [0.15, 0.2) is 48.8 Å². The summed E-state index contributed by atoms with van der Waals surface area (Å²) in [6, 6.07) is 14.3. The first-order valence-electron chi connectivity index (χ1n) is 15.1. The number of nitriles is 1. The van der Waals surface area contributed by atoms with Gasteiger partial charge in [-0.1, -0.05) is 55.8 Å². The standard InChI is InChI=1S/C33H39ClFN7O2/c1-5-8-25(39(3)4)21-44-33-37-28-20-40(29-12-7-10-23-9-6-11-27(34)30(23)29)16-14-26(28)31(38-33)41-17-18-42(32(43)22(2)35)24(19-41)13-15-36/h6-7,9-12,24-25H,2,5,8,13-14,16-21H2,1,3-4H3. The predicted octanol–water partition coefficient (Wildman–Crippen LogP) is 5.37. The summed E-state index contributed by atoms with van der Waals surface area (Å²) in [4.78, 5) is 30.3. The van der Waals surface area contributed by atoms with Crippen LogP contribution in [0, 0.1) is 11.3 Å². The van der Waals surface area contributed by atoms with Crippen molar-refractivity contribution in [1.82, 2.24) is 19.8 Å². The summed E-state index contributed by atoms with van der Waals surface area (Å²) in [5, 5.41) is 12.3. The molecule has 0 N–H and O–H groups in total. The summed E-state index contributed by atoms with van der Waals surface area (Å²) in [6.45, 7) is 8.07. The topological polar surface area (TPSA) is 88.8 Å². The second kappa shape index (κ2) is 13.8. The lowest BCUT2D eigenvalue weighted by Crippen LogP contribution is -2.55. The smallest absolute Gasteiger partial charge is 0.318 e. The molecule has 1 amide bonds. The SMILES string of the molecule is C=C(F)C(=O)N1CCN(c2nc(OCC(CCC)N(C)C)nc3c2CCN(c2cccc4cccc(Cl)c24)C3)CC1CC#N. The highest BCUT2D eigenvalue weighted by Gasteiger charge is 2.35. The molecule has 0 saturated carbocycles. The number of likely N-dealkylation sites (N-methyl/N-ethyl adjacent to an activating group) is 1. The first kappa shape index (κ1) is 31.5. The van der Waals surface area contributed by atoms with Gasteiger partial charge in [0.2, 0.25) is 0 Å². The number of aromatic nitrogens is 2. The number of fused-ring (bicyclic) bond motifs is 2. The molecule has 2 aliphatic rings. The molecule has 44 heavy (non-hydrogen) atoms. The van der Waals surface area contributed by atoms with Crippen LogP contribution >= 0.6 is 11.6 Å². The number of ether oxygens (including phenoxy) is 1. The van der Waals surface area contributed by atoms with Gasteiger partial charge in [-0.2, -0.15) is 15.2 Å². The van der Waals surface area contributed by atoms with E-state index in [9.17, 15) is 14.4 Å². The molecule has 3 heterocycles. The summed E-state index contributed by atoms with van der Waals surface area (Å²) in [5.41, 5.74) is 2.93. The van der Waals surface area contributed by atoms with Crippen molar-refractivity contribution in [2.45, 2.75) is 51.2 Å². The van der Waals surface area contributed by atoms with Gasteiger partial charge in [0.25, 0.3) is 5.91 Å². The number of amides is 1. The lowest BCUT2D eigenvalue weighted by atomic mass is 10.0. The zero-order chi connectivity index (χ0) is 31.4. The Morgan fingerprint density at radius 1 is 1.20 bits per heavy atom. The van der Waals surface area contributed by atoms with Gasteiger partial charge in [-0.3, -0.25) is 4.79 Å². The van der Waals surface area contributed by atoms with Crippen molar-refractivity contribution < 1.29 is 13.9 Å². The number of benzene rings is 2. The maximum Gasteiger partial charge on any atom is 0.318 e. The van der Waals surface area contributed by atoms with Crippen LogP contribution in [0.4, 0.5) is 15.9 Å². The van der Waals surface area contributed by atoms with E-state index in [4.69, 9.17) is 26.3 Å². The van der Waals surface area contributed by atoms with E-state index in [2.05, 4.69) is 52.5 Å². The van der Waals surface area contributed by atoms with Crippen molar-refractivity contribution in [1.29, 1.82) is 5.26 Å². The summed E-state index contributed by atoms with van der Waals surface area (Å²) in [6.07, 6.45) is 2.76. The van der Waals surface area contributed by atoms with Crippen LogP contribution in [0.5, 0.6) is 6.01 Å². The highest BCUT2D eigenvalue weighted by molar-refractivity contribution is 6.36. The summed E-state index contributed by atoms with van der Waals surface area (Å²) in [7, 11) is 4.08. The van der Waals surface area contributed by atoms with Crippen molar-refractivity contribution in [2.24, 2.45) is 0 Å². The normalized spacial score (nSPS) is 17.4. The van der Waals surface area contributed by atoms with E-state index in [0.29, 0.717) is 43.7 Å². The number of halogens is 2. The molecule has 0 spiro atoms. The van der Waals surface area contributed by atoms with Gasteiger partial charge in [-0.15, -0.1) is 0 Å². The molecule has 1 fully saturated rings. The van der Waals surface area contributed by atoms with E-state index < -0.39 is 17.8 Å². The van der Waals surface area contributed by atoms with Gasteiger partial charge in [-0.25, -0.2) is 4.39 Å². The monoisotopic (exact) mass is 619 g/mol. The first-order valence-corrected chi connectivity index (χ1v) is 15.5. The van der Waals surface area contributed by atoms with E-state index in [1.54, 1.807) is 0 Å². The number of piperazine rings is 1. The van der Waals surface area contributed by atoms with E-state index in [1.807, 2.05) is 32.3 Å². The predicted molar refractivity (Wildman–Crippen MR) is 172 cm³/mol. The Bertz CT molecular complexity index is 1570. The largest absolute Gasteiger partial charge is 0.462 e. The van der Waals surface area contributed by atoms with Crippen molar-refractivity contribution in [2.75, 3.05) is 56.7 Å². The Hall–Kier alpha value is -3.94. The van der Waals surface area contributed by atoms with Crippen LogP contribution in [-0.4, -0.2) is 84.6 Å².